The second kappa shape index (κ2) is 8.59. The van der Waals surface area contributed by atoms with Crippen LogP contribution in [0.3, 0.4) is 0 Å². The zero-order valence-corrected chi connectivity index (χ0v) is 16.6. The Morgan fingerprint density at radius 2 is 1.89 bits per heavy atom. The first-order valence-electron chi connectivity index (χ1n) is 8.90. The number of carbonyl (C=O) groups excluding carboxylic acids is 4. The molecule has 1 heterocycles. The van der Waals surface area contributed by atoms with Gasteiger partial charge in [-0.25, -0.2) is 4.79 Å². The Labute approximate surface area is 162 Å². The van der Waals surface area contributed by atoms with E-state index in [1.807, 2.05) is 0 Å². The Kier molecular flexibility index (Phi) is 6.65. The predicted octanol–water partition coefficient (Wildman–Crippen LogP) is -0.375. The van der Waals surface area contributed by atoms with Gasteiger partial charge in [0, 0.05) is 32.7 Å². The molecule has 0 aromatic rings. The summed E-state index contributed by atoms with van der Waals surface area (Å²) in [5.41, 5.74) is -0.981. The van der Waals surface area contributed by atoms with Crippen LogP contribution in [-0.2, 0) is 38.1 Å². The van der Waals surface area contributed by atoms with E-state index < -0.39 is 29.7 Å². The van der Waals surface area contributed by atoms with Crippen LogP contribution in [0.5, 0.6) is 0 Å². The summed E-state index contributed by atoms with van der Waals surface area (Å²) < 4.78 is 20.9. The van der Waals surface area contributed by atoms with Crippen LogP contribution in [-0.4, -0.2) is 62.5 Å². The molecule has 1 aliphatic heterocycles. The molecule has 0 radical (unpaired) electrons. The fourth-order valence-electron chi connectivity index (χ4n) is 3.90. The molecule has 0 saturated heterocycles. The van der Waals surface area contributed by atoms with Crippen molar-refractivity contribution in [2.45, 2.75) is 45.1 Å². The lowest BCUT2D eigenvalue weighted by Crippen LogP contribution is -2.75. The van der Waals surface area contributed by atoms with Crippen molar-refractivity contribution in [2.75, 3.05) is 20.8 Å². The third-order valence-corrected chi connectivity index (χ3v) is 4.95. The summed E-state index contributed by atoms with van der Waals surface area (Å²) in [7, 11) is 2.92. The molecule has 3 unspecified atom stereocenters. The van der Waals surface area contributed by atoms with E-state index in [0.717, 1.165) is 0 Å². The highest BCUT2D eigenvalue weighted by Gasteiger charge is 2.67. The standard InChI is InChI=1S/C18H26N2O8/c1-9(21)20-16-13(6-12(27-11(3)23)8-26-10(2)22)18(19-4)14(16)7-15(28-18)17(24)25-5/h7,12-14,16,19H,6,8H2,1-5H3,(H,20,21)/t12-,13?,14?,16-,18?/m0/s1. The maximum atomic E-state index is 11.9. The van der Waals surface area contributed by atoms with Crippen molar-refractivity contribution in [3.8, 4) is 0 Å². The lowest BCUT2D eigenvalue weighted by molar-refractivity contribution is -0.193. The van der Waals surface area contributed by atoms with Gasteiger partial charge in [0.1, 0.15) is 12.7 Å². The van der Waals surface area contributed by atoms with Crippen molar-refractivity contribution in [3.63, 3.8) is 0 Å². The Morgan fingerprint density at radius 1 is 1.21 bits per heavy atom. The molecular formula is C18H26N2O8. The van der Waals surface area contributed by atoms with Crippen LogP contribution in [0.15, 0.2) is 11.8 Å². The molecule has 2 aliphatic rings. The van der Waals surface area contributed by atoms with Gasteiger partial charge in [-0.1, -0.05) is 0 Å². The number of nitrogens with one attached hydrogen (secondary N) is 2. The Bertz CT molecular complexity index is 691. The second-order valence-corrected chi connectivity index (χ2v) is 6.80. The predicted molar refractivity (Wildman–Crippen MR) is 94.4 cm³/mol. The minimum absolute atomic E-state index is 0.0451. The molecule has 0 aromatic heterocycles. The minimum Gasteiger partial charge on any atom is -0.464 e. The molecule has 156 valence electrons. The average molecular weight is 398 g/mol. The van der Waals surface area contributed by atoms with Crippen LogP contribution in [0.25, 0.3) is 0 Å². The van der Waals surface area contributed by atoms with E-state index >= 15 is 0 Å². The molecule has 0 bridgehead atoms. The summed E-state index contributed by atoms with van der Waals surface area (Å²) in [6, 6.07) is -0.373. The van der Waals surface area contributed by atoms with Crippen LogP contribution < -0.4 is 10.6 Å². The zero-order valence-electron chi connectivity index (χ0n) is 16.6. The number of methoxy groups -OCH3 is 1. The third-order valence-electron chi connectivity index (χ3n) is 4.95. The Morgan fingerprint density at radius 3 is 2.39 bits per heavy atom. The molecule has 2 N–H and O–H groups in total. The fraction of sp³-hybridized carbons (Fsp3) is 0.667. The van der Waals surface area contributed by atoms with Crippen molar-refractivity contribution in [1.82, 2.24) is 10.6 Å². The average Bonchev–Trinajstić information content (AvgIpc) is 2.96. The van der Waals surface area contributed by atoms with Gasteiger partial charge in [-0.15, -0.1) is 0 Å². The maximum Gasteiger partial charge on any atom is 0.373 e. The quantitative estimate of drug-likeness (QED) is 0.415. The van der Waals surface area contributed by atoms with E-state index in [9.17, 15) is 19.2 Å². The van der Waals surface area contributed by atoms with Crippen molar-refractivity contribution in [2.24, 2.45) is 11.8 Å². The molecule has 1 fully saturated rings. The summed E-state index contributed by atoms with van der Waals surface area (Å²) in [5, 5.41) is 5.94. The van der Waals surface area contributed by atoms with Gasteiger partial charge >= 0.3 is 17.9 Å². The van der Waals surface area contributed by atoms with E-state index in [4.69, 9.17) is 18.9 Å². The molecule has 10 heteroatoms. The minimum atomic E-state index is -0.981. The summed E-state index contributed by atoms with van der Waals surface area (Å²) in [6.07, 6.45) is 1.11. The smallest absolute Gasteiger partial charge is 0.373 e. The summed E-state index contributed by atoms with van der Waals surface area (Å²) in [6.45, 7) is 3.78. The fourth-order valence-corrected chi connectivity index (χ4v) is 3.90. The van der Waals surface area contributed by atoms with Crippen molar-refractivity contribution >= 4 is 23.8 Å². The lowest BCUT2D eigenvalue weighted by atomic mass is 9.60. The molecule has 1 saturated carbocycles. The molecule has 1 aliphatic carbocycles. The van der Waals surface area contributed by atoms with E-state index in [-0.39, 0.29) is 42.6 Å². The molecule has 1 amide bonds. The molecule has 5 atom stereocenters. The number of hydrogen-bond donors (Lipinski definition) is 2. The molecule has 0 aromatic carbocycles. The maximum absolute atomic E-state index is 11.9. The number of ether oxygens (including phenoxy) is 4. The van der Waals surface area contributed by atoms with E-state index in [1.54, 1.807) is 13.1 Å². The van der Waals surface area contributed by atoms with E-state index in [2.05, 4.69) is 10.6 Å². The number of hydrogen-bond acceptors (Lipinski definition) is 9. The van der Waals surface area contributed by atoms with E-state index in [0.29, 0.717) is 0 Å². The van der Waals surface area contributed by atoms with E-state index in [1.165, 1.54) is 27.9 Å². The SMILES string of the molecule is CNC12OC(C(=O)OC)=CC1[C@@H](NC(C)=O)C2C[C@@H](COC(C)=O)OC(C)=O. The van der Waals surface area contributed by atoms with Gasteiger partial charge in [0.05, 0.1) is 13.0 Å². The van der Waals surface area contributed by atoms with Crippen LogP contribution >= 0.6 is 0 Å². The van der Waals surface area contributed by atoms with Gasteiger partial charge in [-0.2, -0.15) is 0 Å². The van der Waals surface area contributed by atoms with Crippen molar-refractivity contribution < 1.29 is 38.1 Å². The molecule has 10 nitrogen and oxygen atoms in total. The highest BCUT2D eigenvalue weighted by molar-refractivity contribution is 5.87. The number of esters is 3. The topological polar surface area (TPSA) is 129 Å². The van der Waals surface area contributed by atoms with Crippen LogP contribution in [0.4, 0.5) is 0 Å². The first-order chi connectivity index (χ1) is 13.1. The van der Waals surface area contributed by atoms with Gasteiger partial charge in [-0.05, 0) is 19.5 Å². The summed E-state index contributed by atoms with van der Waals surface area (Å²) in [5.74, 6) is -2.55. The second-order valence-electron chi connectivity index (χ2n) is 6.80. The third kappa shape index (κ3) is 4.27. The molecule has 0 spiro atoms. The molecule has 28 heavy (non-hydrogen) atoms. The highest BCUT2D eigenvalue weighted by Crippen LogP contribution is 2.53. The van der Waals surface area contributed by atoms with Gasteiger partial charge in [-0.3, -0.25) is 19.7 Å². The van der Waals surface area contributed by atoms with Crippen molar-refractivity contribution in [1.29, 1.82) is 0 Å². The first kappa shape index (κ1) is 21.7. The first-order valence-corrected chi connectivity index (χ1v) is 8.90. The van der Waals surface area contributed by atoms with Crippen LogP contribution in [0.1, 0.15) is 27.2 Å². The highest BCUT2D eigenvalue weighted by atomic mass is 16.6. The largest absolute Gasteiger partial charge is 0.464 e. The summed E-state index contributed by atoms with van der Waals surface area (Å²) >= 11 is 0. The Balaban J connectivity index is 2.25. The van der Waals surface area contributed by atoms with Crippen LogP contribution in [0.2, 0.25) is 0 Å². The van der Waals surface area contributed by atoms with Gasteiger partial charge < -0.3 is 24.3 Å². The zero-order chi connectivity index (χ0) is 21.1. The van der Waals surface area contributed by atoms with Gasteiger partial charge in [0.15, 0.2) is 5.72 Å². The summed E-state index contributed by atoms with van der Waals surface area (Å²) in [4.78, 5) is 46.2. The lowest BCUT2D eigenvalue weighted by Gasteiger charge is -2.56. The Hall–Kier alpha value is -2.62. The molecule has 2 rings (SSSR count). The normalized spacial score (nSPS) is 28.6. The van der Waals surface area contributed by atoms with Crippen LogP contribution in [0, 0.1) is 11.8 Å². The molecular weight excluding hydrogens is 372 g/mol. The monoisotopic (exact) mass is 398 g/mol. The number of amides is 1. The van der Waals surface area contributed by atoms with Crippen molar-refractivity contribution in [3.05, 3.63) is 11.8 Å². The van der Waals surface area contributed by atoms with Gasteiger partial charge in [0.2, 0.25) is 11.7 Å². The van der Waals surface area contributed by atoms with Gasteiger partial charge in [0.25, 0.3) is 0 Å². The number of fused-ring (bicyclic) bond motifs is 1. The number of carbonyl (C=O) groups is 4. The number of rotatable bonds is 8.